The Kier molecular flexibility index (Phi) is 5.26. The lowest BCUT2D eigenvalue weighted by Crippen LogP contribution is -2.42. The van der Waals surface area contributed by atoms with Crippen molar-refractivity contribution < 1.29 is 9.59 Å². The molecule has 4 nitrogen and oxygen atoms in total. The monoisotopic (exact) mass is 332 g/mol. The zero-order chi connectivity index (χ0) is 16.2. The van der Waals surface area contributed by atoms with Gasteiger partial charge in [-0.2, -0.15) is 0 Å². The van der Waals surface area contributed by atoms with E-state index < -0.39 is 0 Å². The molecule has 1 heterocycles. The largest absolute Gasteiger partial charge is 0.369 e. The van der Waals surface area contributed by atoms with Crippen molar-refractivity contribution in [2.24, 2.45) is 11.7 Å². The van der Waals surface area contributed by atoms with Gasteiger partial charge in [-0.1, -0.05) is 24.3 Å². The van der Waals surface area contributed by atoms with Gasteiger partial charge in [-0.3, -0.25) is 9.59 Å². The van der Waals surface area contributed by atoms with Crippen LogP contribution in [0.5, 0.6) is 0 Å². The summed E-state index contributed by atoms with van der Waals surface area (Å²) in [4.78, 5) is 25.5. The van der Waals surface area contributed by atoms with Crippen molar-refractivity contribution in [3.63, 3.8) is 0 Å². The normalized spacial score (nSPS) is 21.7. The van der Waals surface area contributed by atoms with Crippen molar-refractivity contribution in [3.05, 3.63) is 35.4 Å². The SMILES string of the molecule is NC(=O)C1CCN(C(=O)CSC2CCCc3ccccc32)CC1. The molecule has 0 spiro atoms. The van der Waals surface area contributed by atoms with E-state index >= 15 is 0 Å². The van der Waals surface area contributed by atoms with E-state index in [2.05, 4.69) is 24.3 Å². The van der Waals surface area contributed by atoms with Crippen molar-refractivity contribution in [1.29, 1.82) is 0 Å². The number of hydrogen-bond donors (Lipinski definition) is 1. The summed E-state index contributed by atoms with van der Waals surface area (Å²) >= 11 is 1.77. The summed E-state index contributed by atoms with van der Waals surface area (Å²) in [5.41, 5.74) is 8.19. The molecule has 1 aromatic carbocycles. The topological polar surface area (TPSA) is 63.4 Å². The summed E-state index contributed by atoms with van der Waals surface area (Å²) in [5.74, 6) is 0.434. The number of piperidine rings is 1. The maximum atomic E-state index is 12.4. The van der Waals surface area contributed by atoms with Gasteiger partial charge in [-0.15, -0.1) is 11.8 Å². The Morgan fingerprint density at radius 3 is 2.65 bits per heavy atom. The molecule has 2 amide bonds. The zero-order valence-corrected chi connectivity index (χ0v) is 14.2. The highest BCUT2D eigenvalue weighted by Gasteiger charge is 2.27. The third kappa shape index (κ3) is 3.89. The molecule has 1 fully saturated rings. The second kappa shape index (κ2) is 7.39. The molecule has 1 aliphatic carbocycles. The Morgan fingerprint density at radius 1 is 1.17 bits per heavy atom. The lowest BCUT2D eigenvalue weighted by atomic mass is 9.91. The van der Waals surface area contributed by atoms with E-state index in [4.69, 9.17) is 5.73 Å². The Balaban J connectivity index is 1.51. The standard InChI is InChI=1S/C18H24N2O2S/c19-18(22)14-8-10-20(11-9-14)17(21)12-23-16-7-3-5-13-4-1-2-6-15(13)16/h1-2,4,6,14,16H,3,5,7-12H2,(H2,19,22). The summed E-state index contributed by atoms with van der Waals surface area (Å²) in [6.07, 6.45) is 4.92. The second-order valence-corrected chi connectivity index (χ2v) is 7.64. The fourth-order valence-corrected chi connectivity index (χ4v) is 4.83. The van der Waals surface area contributed by atoms with Crippen molar-refractivity contribution in [2.75, 3.05) is 18.8 Å². The first-order valence-electron chi connectivity index (χ1n) is 8.41. The van der Waals surface area contributed by atoms with Crippen LogP contribution in [0.15, 0.2) is 24.3 Å². The summed E-state index contributed by atoms with van der Waals surface area (Å²) < 4.78 is 0. The van der Waals surface area contributed by atoms with Gasteiger partial charge in [-0.25, -0.2) is 0 Å². The van der Waals surface area contributed by atoms with Crippen LogP contribution in [0.1, 0.15) is 42.1 Å². The highest BCUT2D eigenvalue weighted by atomic mass is 32.2. The molecular formula is C18H24N2O2S. The van der Waals surface area contributed by atoms with E-state index in [1.807, 2.05) is 4.90 Å². The van der Waals surface area contributed by atoms with Gasteiger partial charge in [0.15, 0.2) is 0 Å². The van der Waals surface area contributed by atoms with E-state index in [9.17, 15) is 9.59 Å². The van der Waals surface area contributed by atoms with Gasteiger partial charge in [0.1, 0.15) is 0 Å². The van der Waals surface area contributed by atoms with Gasteiger partial charge >= 0.3 is 0 Å². The quantitative estimate of drug-likeness (QED) is 0.921. The third-order valence-electron chi connectivity index (χ3n) is 4.97. The number of hydrogen-bond acceptors (Lipinski definition) is 3. The Bertz CT molecular complexity index is 582. The Hall–Kier alpha value is -1.49. The van der Waals surface area contributed by atoms with Gasteiger partial charge in [0, 0.05) is 24.3 Å². The molecule has 0 saturated carbocycles. The number of rotatable bonds is 4. The van der Waals surface area contributed by atoms with Gasteiger partial charge < -0.3 is 10.6 Å². The first-order chi connectivity index (χ1) is 11.1. The van der Waals surface area contributed by atoms with E-state index in [1.54, 1.807) is 11.8 Å². The third-order valence-corrected chi connectivity index (χ3v) is 6.28. The number of nitrogens with zero attached hydrogens (tertiary/aromatic N) is 1. The molecule has 2 N–H and O–H groups in total. The molecule has 3 rings (SSSR count). The zero-order valence-electron chi connectivity index (χ0n) is 13.4. The fourth-order valence-electron chi connectivity index (χ4n) is 3.56. The van der Waals surface area contributed by atoms with Crippen molar-refractivity contribution >= 4 is 23.6 Å². The minimum absolute atomic E-state index is 0.0584. The molecule has 23 heavy (non-hydrogen) atoms. The van der Waals surface area contributed by atoms with Gasteiger partial charge in [0.2, 0.25) is 11.8 Å². The lowest BCUT2D eigenvalue weighted by Gasteiger charge is -2.31. The second-order valence-electron chi connectivity index (χ2n) is 6.45. The van der Waals surface area contributed by atoms with Crippen molar-refractivity contribution in [3.8, 4) is 0 Å². The lowest BCUT2D eigenvalue weighted by molar-refractivity contribution is -0.132. The van der Waals surface area contributed by atoms with Crippen LogP contribution in [0.4, 0.5) is 0 Å². The number of primary amides is 1. The van der Waals surface area contributed by atoms with Gasteiger partial charge in [-0.05, 0) is 43.2 Å². The minimum atomic E-state index is -0.231. The molecule has 124 valence electrons. The number of nitrogens with two attached hydrogens (primary N) is 1. The van der Waals surface area contributed by atoms with Crippen LogP contribution >= 0.6 is 11.8 Å². The maximum absolute atomic E-state index is 12.4. The van der Waals surface area contributed by atoms with E-state index in [-0.39, 0.29) is 17.7 Å². The number of likely N-dealkylation sites (tertiary alicyclic amines) is 1. The number of carbonyl (C=O) groups excluding carboxylic acids is 2. The molecule has 1 unspecified atom stereocenters. The van der Waals surface area contributed by atoms with E-state index in [1.165, 1.54) is 17.5 Å². The van der Waals surface area contributed by atoms with Crippen LogP contribution in [0, 0.1) is 5.92 Å². The van der Waals surface area contributed by atoms with Crippen LogP contribution in [0.3, 0.4) is 0 Å². The fraction of sp³-hybridized carbons (Fsp3) is 0.556. The van der Waals surface area contributed by atoms with Crippen LogP contribution in [0.2, 0.25) is 0 Å². The predicted octanol–water partition coefficient (Wildman–Crippen LogP) is 2.52. The van der Waals surface area contributed by atoms with Crippen LogP contribution < -0.4 is 5.73 Å². The van der Waals surface area contributed by atoms with Crippen molar-refractivity contribution in [2.45, 2.75) is 37.4 Å². The Labute approximate surface area is 141 Å². The van der Waals surface area contributed by atoms with E-state index in [0.717, 1.165) is 12.8 Å². The molecule has 1 aliphatic heterocycles. The molecule has 0 radical (unpaired) electrons. The summed E-state index contributed by atoms with van der Waals surface area (Å²) in [6, 6.07) is 8.60. The average molecular weight is 332 g/mol. The van der Waals surface area contributed by atoms with Crippen LogP contribution in [-0.4, -0.2) is 35.6 Å². The number of amides is 2. The minimum Gasteiger partial charge on any atom is -0.369 e. The molecule has 5 heteroatoms. The highest BCUT2D eigenvalue weighted by molar-refractivity contribution is 8.00. The highest BCUT2D eigenvalue weighted by Crippen LogP contribution is 2.39. The molecule has 1 saturated heterocycles. The van der Waals surface area contributed by atoms with Crippen LogP contribution in [-0.2, 0) is 16.0 Å². The predicted molar refractivity (Wildman–Crippen MR) is 93.1 cm³/mol. The first-order valence-corrected chi connectivity index (χ1v) is 9.46. The smallest absolute Gasteiger partial charge is 0.232 e. The molecule has 0 aromatic heterocycles. The number of carbonyl (C=O) groups is 2. The summed E-state index contributed by atoms with van der Waals surface area (Å²) in [5, 5.41) is 0.437. The van der Waals surface area contributed by atoms with E-state index in [0.29, 0.717) is 36.9 Å². The number of thioether (sulfide) groups is 1. The molecule has 1 aromatic rings. The Morgan fingerprint density at radius 2 is 1.91 bits per heavy atom. The molecule has 1 atom stereocenters. The number of fused-ring (bicyclic) bond motifs is 1. The van der Waals surface area contributed by atoms with Crippen LogP contribution in [0.25, 0.3) is 0 Å². The summed E-state index contributed by atoms with van der Waals surface area (Å²) in [6.45, 7) is 1.32. The molecule has 0 bridgehead atoms. The maximum Gasteiger partial charge on any atom is 0.232 e. The first kappa shape index (κ1) is 16.4. The molecular weight excluding hydrogens is 308 g/mol. The average Bonchev–Trinajstić information content (AvgIpc) is 2.59. The number of benzene rings is 1. The molecule has 2 aliphatic rings. The van der Waals surface area contributed by atoms with Gasteiger partial charge in [0.05, 0.1) is 5.75 Å². The van der Waals surface area contributed by atoms with Crippen molar-refractivity contribution in [1.82, 2.24) is 4.90 Å². The van der Waals surface area contributed by atoms with Gasteiger partial charge in [0.25, 0.3) is 0 Å². The number of aryl methyl sites for hydroxylation is 1. The summed E-state index contributed by atoms with van der Waals surface area (Å²) in [7, 11) is 0.